The molecule has 2 aliphatic rings. The Morgan fingerprint density at radius 3 is 2.20 bits per heavy atom. The van der Waals surface area contributed by atoms with E-state index >= 15 is 0 Å². The third-order valence-electron chi connectivity index (χ3n) is 9.29. The molecule has 0 radical (unpaired) electrons. The topological polar surface area (TPSA) is 3.24 Å². The summed E-state index contributed by atoms with van der Waals surface area (Å²) >= 11 is 1.92. The van der Waals surface area contributed by atoms with Gasteiger partial charge in [-0.15, -0.1) is 25.7 Å². The van der Waals surface area contributed by atoms with Gasteiger partial charge in [0.15, 0.2) is 0 Å². The van der Waals surface area contributed by atoms with Crippen LogP contribution in [0.5, 0.6) is 0 Å². The fraction of sp³-hybridized carbons (Fsp3) is 0.319. The summed E-state index contributed by atoms with van der Waals surface area (Å²) < 4.78 is 0. The number of anilines is 2. The Morgan fingerprint density at radius 2 is 1.51 bits per heavy atom. The Labute approximate surface area is 303 Å². The number of allylic oxidation sites excluding steroid dienone is 10. The van der Waals surface area contributed by atoms with Gasteiger partial charge in [-0.2, -0.15) is 0 Å². The van der Waals surface area contributed by atoms with Crippen molar-refractivity contribution in [2.75, 3.05) is 4.90 Å². The fourth-order valence-corrected chi connectivity index (χ4v) is 8.23. The fourth-order valence-electron chi connectivity index (χ4n) is 6.73. The molecular weight excluding hydrogens is 611 g/mol. The lowest BCUT2D eigenvalue weighted by Crippen LogP contribution is -2.25. The van der Waals surface area contributed by atoms with E-state index in [2.05, 4.69) is 188 Å². The molecule has 0 bridgehead atoms. The number of unbranched alkanes of at least 4 members (excludes halogenated alkanes) is 1. The molecular formula is C47H55NS. The van der Waals surface area contributed by atoms with Crippen LogP contribution in [0.1, 0.15) is 104 Å². The second kappa shape index (κ2) is 18.4. The van der Waals surface area contributed by atoms with Crippen LogP contribution in [0.25, 0.3) is 5.57 Å². The van der Waals surface area contributed by atoms with Crippen LogP contribution in [0.4, 0.5) is 11.4 Å². The Hall–Kier alpha value is -4.37. The van der Waals surface area contributed by atoms with Crippen molar-refractivity contribution < 1.29 is 0 Å². The van der Waals surface area contributed by atoms with E-state index in [1.807, 2.05) is 11.8 Å². The highest BCUT2D eigenvalue weighted by Gasteiger charge is 2.35. The van der Waals surface area contributed by atoms with Crippen LogP contribution in [0.3, 0.4) is 0 Å². The summed E-state index contributed by atoms with van der Waals surface area (Å²) in [4.78, 5) is 5.18. The highest BCUT2D eigenvalue weighted by molar-refractivity contribution is 7.99. The minimum atomic E-state index is -0.0777. The highest BCUT2D eigenvalue weighted by Crippen LogP contribution is 2.53. The van der Waals surface area contributed by atoms with E-state index in [9.17, 15) is 0 Å². The number of nitrogens with zero attached hydrogens (tertiary/aromatic N) is 1. The summed E-state index contributed by atoms with van der Waals surface area (Å²) in [5.41, 5.74) is 10.9. The van der Waals surface area contributed by atoms with Crippen LogP contribution in [0, 0.1) is 31.1 Å². The van der Waals surface area contributed by atoms with Crippen molar-refractivity contribution >= 4 is 28.7 Å². The standard InChI is InChI=1S/C43H51NS.2C2H2/c1-8-10-19-34(9-2)35-26-28-36(29-27-35)44(32(3)24-25-33-18-13-11-12-16-30-42(4,5)31-33)39-22-17-21-38-41(39)45-40-23-15-14-20-37(40)43(38,6)7;2*1-2/h11-17,19-29H,8-10,18,30-31H2,1-7H3;2*1-2H/b13-11-,16-12-,32-24+,33-25-,34-19+;;. The molecule has 2 heteroatoms. The monoisotopic (exact) mass is 665 g/mol. The van der Waals surface area contributed by atoms with Crippen molar-refractivity contribution in [2.45, 2.75) is 102 Å². The normalized spacial score (nSPS) is 18.4. The molecule has 254 valence electrons. The van der Waals surface area contributed by atoms with E-state index < -0.39 is 0 Å². The van der Waals surface area contributed by atoms with Crippen molar-refractivity contribution in [3.8, 4) is 25.7 Å². The summed E-state index contributed by atoms with van der Waals surface area (Å²) in [6.07, 6.45) is 38.7. The molecule has 3 aromatic carbocycles. The van der Waals surface area contributed by atoms with Crippen molar-refractivity contribution in [1.82, 2.24) is 0 Å². The molecule has 5 rings (SSSR count). The Balaban J connectivity index is 0.00000157. The third kappa shape index (κ3) is 9.63. The second-order valence-electron chi connectivity index (χ2n) is 13.9. The average molecular weight is 666 g/mol. The van der Waals surface area contributed by atoms with Gasteiger partial charge in [-0.3, -0.25) is 0 Å². The van der Waals surface area contributed by atoms with Crippen LogP contribution >= 0.6 is 11.8 Å². The van der Waals surface area contributed by atoms with E-state index in [4.69, 9.17) is 0 Å². The molecule has 1 aliphatic heterocycles. The van der Waals surface area contributed by atoms with Crippen LogP contribution < -0.4 is 4.90 Å². The Kier molecular flexibility index (Phi) is 14.7. The first kappa shape index (κ1) is 39.1. The molecule has 0 aromatic heterocycles. The molecule has 0 fully saturated rings. The zero-order chi connectivity index (χ0) is 36.0. The minimum absolute atomic E-state index is 0.0777. The molecule has 0 amide bonds. The van der Waals surface area contributed by atoms with Gasteiger partial charge in [-0.25, -0.2) is 0 Å². The number of hydrogen-bond donors (Lipinski definition) is 0. The third-order valence-corrected chi connectivity index (χ3v) is 10.5. The zero-order valence-corrected chi connectivity index (χ0v) is 31.6. The Morgan fingerprint density at radius 1 is 0.837 bits per heavy atom. The first-order chi connectivity index (χ1) is 23.6. The molecule has 49 heavy (non-hydrogen) atoms. The number of fused-ring (bicyclic) bond motifs is 2. The summed E-state index contributed by atoms with van der Waals surface area (Å²) in [6, 6.07) is 25.1. The maximum Gasteiger partial charge on any atom is 0.0600 e. The van der Waals surface area contributed by atoms with Crippen LogP contribution in [-0.2, 0) is 5.41 Å². The zero-order valence-electron chi connectivity index (χ0n) is 30.8. The molecule has 0 saturated carbocycles. The maximum absolute atomic E-state index is 4.00. The number of hydrogen-bond acceptors (Lipinski definition) is 2. The molecule has 1 nitrogen and oxygen atoms in total. The summed E-state index contributed by atoms with van der Waals surface area (Å²) in [6.45, 7) is 16.3. The van der Waals surface area contributed by atoms with Crippen molar-refractivity contribution in [3.05, 3.63) is 137 Å². The second-order valence-corrected chi connectivity index (χ2v) is 14.9. The van der Waals surface area contributed by atoms with Gasteiger partial charge in [-0.1, -0.05) is 144 Å². The molecule has 0 atom stereocenters. The molecule has 0 unspecified atom stereocenters. The number of rotatable bonds is 8. The largest absolute Gasteiger partial charge is 0.313 e. The summed E-state index contributed by atoms with van der Waals surface area (Å²) in [7, 11) is 0. The van der Waals surface area contributed by atoms with Gasteiger partial charge in [0.1, 0.15) is 0 Å². The van der Waals surface area contributed by atoms with E-state index in [0.29, 0.717) is 0 Å². The lowest BCUT2D eigenvalue weighted by atomic mass is 9.77. The van der Waals surface area contributed by atoms with Crippen LogP contribution in [-0.4, -0.2) is 0 Å². The Bertz CT molecular complexity index is 1730. The van der Waals surface area contributed by atoms with Crippen LogP contribution in [0.2, 0.25) is 0 Å². The van der Waals surface area contributed by atoms with Crippen molar-refractivity contribution in [3.63, 3.8) is 0 Å². The van der Waals surface area contributed by atoms with E-state index in [1.54, 1.807) is 0 Å². The minimum Gasteiger partial charge on any atom is -0.313 e. The van der Waals surface area contributed by atoms with E-state index in [-0.39, 0.29) is 10.8 Å². The lowest BCUT2D eigenvalue weighted by molar-refractivity contribution is 0.366. The van der Waals surface area contributed by atoms with Crippen LogP contribution in [0.15, 0.2) is 130 Å². The SMILES string of the molecule is C#C.C#C.CCC/C=C(\CC)c1ccc(N(/C(C)=C/C=C2/C/C=C\C=C/CC(C)(C)C2)c2cccc3c2Sc2ccccc2C3(C)C)cc1. The average Bonchev–Trinajstić information content (AvgIpc) is 3.20. The first-order valence-corrected chi connectivity index (χ1v) is 18.3. The molecule has 3 aromatic rings. The quantitative estimate of drug-likeness (QED) is 0.220. The first-order valence-electron chi connectivity index (χ1n) is 17.5. The molecule has 1 heterocycles. The van der Waals surface area contributed by atoms with Gasteiger partial charge >= 0.3 is 0 Å². The van der Waals surface area contributed by atoms with E-state index in [0.717, 1.165) is 32.1 Å². The van der Waals surface area contributed by atoms with Gasteiger partial charge in [0.05, 0.1) is 5.69 Å². The van der Waals surface area contributed by atoms with Gasteiger partial charge in [-0.05, 0) is 97.0 Å². The molecule has 0 spiro atoms. The van der Waals surface area contributed by atoms with Gasteiger partial charge < -0.3 is 4.90 Å². The van der Waals surface area contributed by atoms with Gasteiger partial charge in [0.2, 0.25) is 0 Å². The summed E-state index contributed by atoms with van der Waals surface area (Å²) in [5, 5.41) is 0. The maximum atomic E-state index is 4.00. The lowest BCUT2D eigenvalue weighted by Gasteiger charge is -2.37. The smallest absolute Gasteiger partial charge is 0.0600 e. The predicted molar refractivity (Wildman–Crippen MR) is 218 cm³/mol. The molecule has 0 N–H and O–H groups in total. The van der Waals surface area contributed by atoms with Crippen molar-refractivity contribution in [1.29, 1.82) is 0 Å². The summed E-state index contributed by atoms with van der Waals surface area (Å²) in [5.74, 6) is 0. The predicted octanol–water partition coefficient (Wildman–Crippen LogP) is 13.9. The van der Waals surface area contributed by atoms with E-state index in [1.165, 1.54) is 61.1 Å². The van der Waals surface area contributed by atoms with Gasteiger partial charge in [0, 0.05) is 26.6 Å². The number of benzene rings is 3. The van der Waals surface area contributed by atoms with Gasteiger partial charge in [0.25, 0.3) is 0 Å². The molecule has 0 saturated heterocycles. The molecule has 1 aliphatic carbocycles. The highest BCUT2D eigenvalue weighted by atomic mass is 32.2. The number of terminal acetylenes is 2. The van der Waals surface area contributed by atoms with Crippen molar-refractivity contribution in [2.24, 2.45) is 5.41 Å².